The molecule has 2 fully saturated rings. The van der Waals surface area contributed by atoms with Gasteiger partial charge in [-0.15, -0.1) is 0 Å². The van der Waals surface area contributed by atoms with Gasteiger partial charge in [-0.1, -0.05) is 57.1 Å². The Hall–Kier alpha value is -0.780. The van der Waals surface area contributed by atoms with Crippen molar-refractivity contribution in [2.75, 3.05) is 0 Å². The summed E-state index contributed by atoms with van der Waals surface area (Å²) in [5.41, 5.74) is 2.65. The molecule has 0 radical (unpaired) electrons. The molecule has 0 saturated heterocycles. The Morgan fingerprint density at radius 2 is 2.05 bits per heavy atom. The maximum absolute atomic E-state index is 2.57. The first-order valence-corrected chi connectivity index (χ1v) is 8.76. The van der Waals surface area contributed by atoms with Crippen LogP contribution in [0.25, 0.3) is 0 Å². The summed E-state index contributed by atoms with van der Waals surface area (Å²) in [6, 6.07) is 0. The molecule has 108 valence electrons. The molecule has 0 heteroatoms. The van der Waals surface area contributed by atoms with E-state index in [9.17, 15) is 0 Å². The maximum Gasteiger partial charge on any atom is 0.0135 e. The van der Waals surface area contributed by atoms with Crippen molar-refractivity contribution in [3.8, 4) is 0 Å². The fourth-order valence-electron chi connectivity index (χ4n) is 6.35. The molecule has 0 aromatic heterocycles. The number of rotatable bonds is 1. The van der Waals surface area contributed by atoms with Crippen LogP contribution >= 0.6 is 0 Å². The smallest absolute Gasteiger partial charge is 0.0135 e. The molecule has 0 nitrogen and oxygen atoms in total. The van der Waals surface area contributed by atoms with E-state index in [4.69, 9.17) is 0 Å². The molecule has 0 spiro atoms. The molecule has 5 atom stereocenters. The topological polar surface area (TPSA) is 0 Å². The van der Waals surface area contributed by atoms with Crippen molar-refractivity contribution in [1.29, 1.82) is 0 Å². The summed E-state index contributed by atoms with van der Waals surface area (Å²) in [5.74, 6) is 2.86. The quantitative estimate of drug-likeness (QED) is 0.574. The number of allylic oxidation sites excluding steroid dienone is 6. The van der Waals surface area contributed by atoms with Crippen molar-refractivity contribution in [1.82, 2.24) is 0 Å². The summed E-state index contributed by atoms with van der Waals surface area (Å²) in [6.45, 7) is 4.96. The predicted molar refractivity (Wildman–Crippen MR) is 85.4 cm³/mol. The zero-order valence-electron chi connectivity index (χ0n) is 13.1. The van der Waals surface area contributed by atoms with Gasteiger partial charge in [0.25, 0.3) is 0 Å². The van der Waals surface area contributed by atoms with Crippen LogP contribution in [0.5, 0.6) is 0 Å². The van der Waals surface area contributed by atoms with Gasteiger partial charge in [-0.25, -0.2) is 0 Å². The van der Waals surface area contributed by atoms with Gasteiger partial charge in [0.2, 0.25) is 0 Å². The van der Waals surface area contributed by atoms with E-state index in [-0.39, 0.29) is 0 Å². The van der Waals surface area contributed by atoms with E-state index in [2.05, 4.69) is 44.2 Å². The normalized spacial score (nSPS) is 49.3. The fraction of sp³-hybridized carbons (Fsp3) is 0.700. The van der Waals surface area contributed by atoms with Gasteiger partial charge in [-0.2, -0.15) is 0 Å². The average Bonchev–Trinajstić information content (AvgIpc) is 2.91. The van der Waals surface area contributed by atoms with Gasteiger partial charge >= 0.3 is 0 Å². The molecule has 4 rings (SSSR count). The van der Waals surface area contributed by atoms with Crippen LogP contribution in [0.4, 0.5) is 0 Å². The lowest BCUT2D eigenvalue weighted by Crippen LogP contribution is -2.47. The minimum absolute atomic E-state index is 0.333. The Labute approximate surface area is 124 Å². The summed E-state index contributed by atoms with van der Waals surface area (Å²) in [6.07, 6.45) is 22.2. The minimum atomic E-state index is 0.333. The highest BCUT2D eigenvalue weighted by molar-refractivity contribution is 5.41. The van der Waals surface area contributed by atoms with E-state index >= 15 is 0 Å². The van der Waals surface area contributed by atoms with Gasteiger partial charge in [0.05, 0.1) is 0 Å². The zero-order chi connectivity index (χ0) is 13.8. The molecule has 2 saturated carbocycles. The highest BCUT2D eigenvalue weighted by Crippen LogP contribution is 2.64. The van der Waals surface area contributed by atoms with Crippen molar-refractivity contribution >= 4 is 0 Å². The summed E-state index contributed by atoms with van der Waals surface area (Å²) in [7, 11) is 0. The lowest BCUT2D eigenvalue weighted by molar-refractivity contribution is -0.0124. The first-order chi connectivity index (χ1) is 9.70. The molecule has 0 amide bonds. The zero-order valence-corrected chi connectivity index (χ0v) is 13.1. The lowest BCUT2D eigenvalue weighted by atomic mass is 9.49. The molecular weight excluding hydrogens is 240 g/mol. The standard InChI is InChI=1S/C20H28/c1-3-20-13-6-8-18(20)16-10-9-15-7-4-5-12-19(15,2)17(16)11-14-20/h4-5,7,9,12,16-18H,3,6,8,10-11,13-14H2,1-2H3/t16-,17+,18+,19+,20+/m1/s1. The first-order valence-electron chi connectivity index (χ1n) is 8.76. The third-order valence-electron chi connectivity index (χ3n) is 7.50. The third-order valence-corrected chi connectivity index (χ3v) is 7.50. The fourth-order valence-corrected chi connectivity index (χ4v) is 6.35. The van der Waals surface area contributed by atoms with Crippen molar-refractivity contribution in [3.05, 3.63) is 36.0 Å². The van der Waals surface area contributed by atoms with Crippen molar-refractivity contribution < 1.29 is 0 Å². The van der Waals surface area contributed by atoms with Crippen molar-refractivity contribution in [2.24, 2.45) is 28.6 Å². The monoisotopic (exact) mass is 268 g/mol. The van der Waals surface area contributed by atoms with Crippen molar-refractivity contribution in [2.45, 2.75) is 58.8 Å². The van der Waals surface area contributed by atoms with Gasteiger partial charge in [-0.05, 0) is 60.8 Å². The summed E-state index contributed by atoms with van der Waals surface area (Å²) >= 11 is 0. The Bertz CT molecular complexity index is 494. The number of fused-ring (bicyclic) bond motifs is 5. The van der Waals surface area contributed by atoms with Crippen LogP contribution in [-0.2, 0) is 0 Å². The molecule has 4 aliphatic rings. The molecule has 0 aromatic rings. The van der Waals surface area contributed by atoms with Crippen molar-refractivity contribution in [3.63, 3.8) is 0 Å². The average molecular weight is 268 g/mol. The van der Waals surface area contributed by atoms with Crippen LogP contribution in [0.15, 0.2) is 36.0 Å². The second-order valence-corrected chi connectivity index (χ2v) is 7.92. The molecule has 0 bridgehead atoms. The van der Waals surface area contributed by atoms with E-state index in [0.29, 0.717) is 5.41 Å². The van der Waals surface area contributed by atoms with Crippen LogP contribution in [0, 0.1) is 28.6 Å². The van der Waals surface area contributed by atoms with E-state index in [1.807, 2.05) is 0 Å². The second kappa shape index (κ2) is 4.36. The minimum Gasteiger partial charge on any atom is -0.0801 e. The summed E-state index contributed by atoms with van der Waals surface area (Å²) < 4.78 is 0. The molecule has 0 unspecified atom stereocenters. The lowest BCUT2D eigenvalue weighted by Gasteiger charge is -2.55. The SMILES string of the molecule is CC[C@@]12CCC[C@H]1[C@@H]1CC=C3C=CC=C[C@]3(C)[C@H]1CC2. The number of hydrogen-bond acceptors (Lipinski definition) is 0. The van der Waals surface area contributed by atoms with Gasteiger partial charge in [0.1, 0.15) is 0 Å². The maximum atomic E-state index is 2.57. The Morgan fingerprint density at radius 1 is 1.15 bits per heavy atom. The van der Waals surface area contributed by atoms with Crippen LogP contribution in [0.2, 0.25) is 0 Å². The van der Waals surface area contributed by atoms with Gasteiger partial charge in [-0.3, -0.25) is 0 Å². The molecule has 4 aliphatic carbocycles. The molecule has 20 heavy (non-hydrogen) atoms. The highest BCUT2D eigenvalue weighted by Gasteiger charge is 2.55. The van der Waals surface area contributed by atoms with E-state index in [1.54, 1.807) is 5.57 Å². The van der Waals surface area contributed by atoms with Crippen LogP contribution in [0.3, 0.4) is 0 Å². The molecular formula is C20H28. The van der Waals surface area contributed by atoms with Gasteiger partial charge in [0.15, 0.2) is 0 Å². The summed E-state index contributed by atoms with van der Waals surface area (Å²) in [4.78, 5) is 0. The van der Waals surface area contributed by atoms with E-state index in [0.717, 1.165) is 23.2 Å². The van der Waals surface area contributed by atoms with Crippen LogP contribution in [-0.4, -0.2) is 0 Å². The third kappa shape index (κ3) is 1.54. The largest absolute Gasteiger partial charge is 0.0801 e. The molecule has 0 heterocycles. The molecule has 0 N–H and O–H groups in total. The first kappa shape index (κ1) is 12.9. The van der Waals surface area contributed by atoms with E-state index < -0.39 is 0 Å². The predicted octanol–water partition coefficient (Wildman–Crippen LogP) is 5.67. The Balaban J connectivity index is 1.73. The second-order valence-electron chi connectivity index (χ2n) is 7.92. The summed E-state index contributed by atoms with van der Waals surface area (Å²) in [5, 5.41) is 0. The van der Waals surface area contributed by atoms with Gasteiger partial charge in [0, 0.05) is 5.41 Å². The molecule has 0 aliphatic heterocycles. The van der Waals surface area contributed by atoms with E-state index in [1.165, 1.54) is 44.9 Å². The highest BCUT2D eigenvalue weighted by atomic mass is 14.6. The molecule has 0 aromatic carbocycles. The van der Waals surface area contributed by atoms with Gasteiger partial charge < -0.3 is 0 Å². The number of hydrogen-bond donors (Lipinski definition) is 0. The van der Waals surface area contributed by atoms with Crippen LogP contribution in [0.1, 0.15) is 58.8 Å². The Kier molecular flexibility index (Phi) is 2.81. The van der Waals surface area contributed by atoms with Crippen LogP contribution < -0.4 is 0 Å². The Morgan fingerprint density at radius 3 is 2.90 bits per heavy atom.